The topological polar surface area (TPSA) is 12.0 Å². The van der Waals surface area contributed by atoms with Crippen LogP contribution in [0.5, 0.6) is 0 Å². The van der Waals surface area contributed by atoms with Crippen molar-refractivity contribution in [2.75, 3.05) is 7.05 Å². The summed E-state index contributed by atoms with van der Waals surface area (Å²) in [6.45, 7) is 7.70. The molecule has 0 fully saturated rings. The minimum Gasteiger partial charge on any atom is -0.316 e. The summed E-state index contributed by atoms with van der Waals surface area (Å²) in [5.74, 6) is 0.740. The molecule has 0 heterocycles. The number of nitrogens with one attached hydrogen (secondary N) is 1. The standard InChI is InChI=1S/C13H21N/c1-10(2)7-13-6-5-12(9-14-4)8-11(13)3/h5-6,8,10,14H,7,9H2,1-4H3. The van der Waals surface area contributed by atoms with Crippen molar-refractivity contribution < 1.29 is 0 Å². The van der Waals surface area contributed by atoms with Crippen LogP contribution in [0.15, 0.2) is 18.2 Å². The second kappa shape index (κ2) is 5.16. The van der Waals surface area contributed by atoms with Gasteiger partial charge >= 0.3 is 0 Å². The molecule has 0 aliphatic rings. The highest BCUT2D eigenvalue weighted by atomic mass is 14.8. The maximum atomic E-state index is 3.17. The van der Waals surface area contributed by atoms with Crippen molar-refractivity contribution in [2.24, 2.45) is 5.92 Å². The summed E-state index contributed by atoms with van der Waals surface area (Å²) in [6, 6.07) is 6.78. The molecule has 0 spiro atoms. The van der Waals surface area contributed by atoms with Gasteiger partial charge in [-0.1, -0.05) is 32.0 Å². The average Bonchev–Trinajstić information content (AvgIpc) is 2.10. The minimum absolute atomic E-state index is 0.740. The highest BCUT2D eigenvalue weighted by molar-refractivity contribution is 5.31. The molecule has 1 aromatic rings. The lowest BCUT2D eigenvalue weighted by molar-refractivity contribution is 0.644. The van der Waals surface area contributed by atoms with Crippen molar-refractivity contribution in [2.45, 2.75) is 33.7 Å². The first-order valence-corrected chi connectivity index (χ1v) is 5.36. The van der Waals surface area contributed by atoms with Gasteiger partial charge in [0.15, 0.2) is 0 Å². The lowest BCUT2D eigenvalue weighted by Gasteiger charge is -2.10. The van der Waals surface area contributed by atoms with Crippen molar-refractivity contribution >= 4 is 0 Å². The van der Waals surface area contributed by atoms with E-state index in [1.165, 1.54) is 23.1 Å². The van der Waals surface area contributed by atoms with E-state index < -0.39 is 0 Å². The van der Waals surface area contributed by atoms with E-state index in [9.17, 15) is 0 Å². The fourth-order valence-electron chi connectivity index (χ4n) is 1.74. The summed E-state index contributed by atoms with van der Waals surface area (Å²) >= 11 is 0. The van der Waals surface area contributed by atoms with Gasteiger partial charge in [0, 0.05) is 6.54 Å². The van der Waals surface area contributed by atoms with Gasteiger partial charge in [-0.2, -0.15) is 0 Å². The van der Waals surface area contributed by atoms with Crippen LogP contribution < -0.4 is 5.32 Å². The zero-order valence-corrected chi connectivity index (χ0v) is 9.72. The van der Waals surface area contributed by atoms with Crippen molar-refractivity contribution in [1.82, 2.24) is 5.32 Å². The zero-order valence-electron chi connectivity index (χ0n) is 9.72. The van der Waals surface area contributed by atoms with Crippen LogP contribution in [0, 0.1) is 12.8 Å². The van der Waals surface area contributed by atoms with Crippen LogP contribution in [-0.4, -0.2) is 7.05 Å². The van der Waals surface area contributed by atoms with Crippen LogP contribution in [0.2, 0.25) is 0 Å². The molecule has 1 aromatic carbocycles. The Balaban J connectivity index is 2.79. The Kier molecular flexibility index (Phi) is 4.15. The van der Waals surface area contributed by atoms with E-state index in [-0.39, 0.29) is 0 Å². The summed E-state index contributed by atoms with van der Waals surface area (Å²) in [4.78, 5) is 0. The van der Waals surface area contributed by atoms with Gasteiger partial charge < -0.3 is 5.32 Å². The lowest BCUT2D eigenvalue weighted by atomic mass is 9.97. The maximum absolute atomic E-state index is 3.17. The first kappa shape index (κ1) is 11.3. The number of hydrogen-bond donors (Lipinski definition) is 1. The molecule has 0 aromatic heterocycles. The monoisotopic (exact) mass is 191 g/mol. The molecular weight excluding hydrogens is 170 g/mol. The van der Waals surface area contributed by atoms with E-state index in [0.29, 0.717) is 0 Å². The number of hydrogen-bond acceptors (Lipinski definition) is 1. The molecular formula is C13H21N. The summed E-state index contributed by atoms with van der Waals surface area (Å²) in [5.41, 5.74) is 4.28. The van der Waals surface area contributed by atoms with E-state index in [0.717, 1.165) is 12.5 Å². The van der Waals surface area contributed by atoms with E-state index in [1.807, 2.05) is 7.05 Å². The first-order chi connectivity index (χ1) is 6.63. The van der Waals surface area contributed by atoms with Gasteiger partial charge in [0.1, 0.15) is 0 Å². The third kappa shape index (κ3) is 3.15. The molecule has 0 unspecified atom stereocenters. The highest BCUT2D eigenvalue weighted by Gasteiger charge is 2.02. The van der Waals surface area contributed by atoms with E-state index in [4.69, 9.17) is 0 Å². The predicted octanol–water partition coefficient (Wildman–Crippen LogP) is 2.91. The minimum atomic E-state index is 0.740. The first-order valence-electron chi connectivity index (χ1n) is 5.36. The largest absolute Gasteiger partial charge is 0.316 e. The molecule has 0 bridgehead atoms. The molecule has 78 valence electrons. The molecule has 0 radical (unpaired) electrons. The van der Waals surface area contributed by atoms with Gasteiger partial charge in [-0.25, -0.2) is 0 Å². The van der Waals surface area contributed by atoms with Crippen LogP contribution in [-0.2, 0) is 13.0 Å². The molecule has 0 aliphatic carbocycles. The average molecular weight is 191 g/mol. The van der Waals surface area contributed by atoms with Gasteiger partial charge in [-0.15, -0.1) is 0 Å². The summed E-state index contributed by atoms with van der Waals surface area (Å²) in [6.07, 6.45) is 1.19. The Morgan fingerprint density at radius 3 is 2.50 bits per heavy atom. The molecule has 1 N–H and O–H groups in total. The zero-order chi connectivity index (χ0) is 10.6. The van der Waals surface area contributed by atoms with Crippen LogP contribution >= 0.6 is 0 Å². The van der Waals surface area contributed by atoms with Gasteiger partial charge in [0.05, 0.1) is 0 Å². The highest BCUT2D eigenvalue weighted by Crippen LogP contribution is 2.15. The molecule has 0 saturated carbocycles. The van der Waals surface area contributed by atoms with Crippen molar-refractivity contribution in [3.63, 3.8) is 0 Å². The molecule has 1 heteroatoms. The van der Waals surface area contributed by atoms with Gasteiger partial charge in [-0.3, -0.25) is 0 Å². The fraction of sp³-hybridized carbons (Fsp3) is 0.538. The van der Waals surface area contributed by atoms with Gasteiger partial charge in [0.25, 0.3) is 0 Å². The molecule has 1 nitrogen and oxygen atoms in total. The van der Waals surface area contributed by atoms with Crippen molar-refractivity contribution in [3.05, 3.63) is 34.9 Å². The molecule has 14 heavy (non-hydrogen) atoms. The SMILES string of the molecule is CNCc1ccc(CC(C)C)c(C)c1. The molecule has 0 saturated heterocycles. The third-order valence-corrected chi connectivity index (χ3v) is 2.42. The van der Waals surface area contributed by atoms with Crippen LogP contribution in [0.4, 0.5) is 0 Å². The summed E-state index contributed by atoms with van der Waals surface area (Å²) < 4.78 is 0. The Bertz CT molecular complexity index is 289. The fourth-order valence-corrected chi connectivity index (χ4v) is 1.74. The molecule has 1 rings (SSSR count). The molecule has 0 aliphatic heterocycles. The van der Waals surface area contributed by atoms with Gasteiger partial charge in [0.2, 0.25) is 0 Å². The Labute approximate surface area is 87.5 Å². The summed E-state index contributed by atoms with van der Waals surface area (Å²) in [7, 11) is 1.98. The van der Waals surface area contributed by atoms with Crippen LogP contribution in [0.25, 0.3) is 0 Å². The Morgan fingerprint density at radius 1 is 1.29 bits per heavy atom. The predicted molar refractivity (Wildman–Crippen MR) is 62.5 cm³/mol. The molecule has 0 amide bonds. The quantitative estimate of drug-likeness (QED) is 0.771. The van der Waals surface area contributed by atoms with E-state index >= 15 is 0 Å². The smallest absolute Gasteiger partial charge is 0.0202 e. The van der Waals surface area contributed by atoms with Crippen molar-refractivity contribution in [3.8, 4) is 0 Å². The second-order valence-electron chi connectivity index (χ2n) is 4.39. The third-order valence-electron chi connectivity index (χ3n) is 2.42. The van der Waals surface area contributed by atoms with E-state index in [1.54, 1.807) is 0 Å². The number of aryl methyl sites for hydroxylation is 1. The second-order valence-corrected chi connectivity index (χ2v) is 4.39. The van der Waals surface area contributed by atoms with E-state index in [2.05, 4.69) is 44.3 Å². The number of benzene rings is 1. The molecule has 0 atom stereocenters. The summed E-state index contributed by atoms with van der Waals surface area (Å²) in [5, 5.41) is 3.17. The Morgan fingerprint density at radius 2 is 2.00 bits per heavy atom. The van der Waals surface area contributed by atoms with Crippen LogP contribution in [0.1, 0.15) is 30.5 Å². The van der Waals surface area contributed by atoms with Gasteiger partial charge in [-0.05, 0) is 43.0 Å². The van der Waals surface area contributed by atoms with Crippen molar-refractivity contribution in [1.29, 1.82) is 0 Å². The normalized spacial score (nSPS) is 10.9. The number of rotatable bonds is 4. The lowest BCUT2D eigenvalue weighted by Crippen LogP contribution is -2.06. The Hall–Kier alpha value is -0.820. The van der Waals surface area contributed by atoms with Crippen LogP contribution in [0.3, 0.4) is 0 Å². The maximum Gasteiger partial charge on any atom is 0.0202 e.